The van der Waals surface area contributed by atoms with E-state index in [1.165, 1.54) is 28.5 Å². The molecule has 2 rings (SSSR count). The van der Waals surface area contributed by atoms with Crippen LogP contribution in [0, 0.1) is 6.92 Å². The Morgan fingerprint density at radius 3 is 2.86 bits per heavy atom. The molecule has 0 aliphatic rings. The molecule has 74 valence electrons. The highest BCUT2D eigenvalue weighted by atomic mass is 79.9. The Hall–Kier alpha value is -0.760. The molecule has 0 unspecified atom stereocenters. The summed E-state index contributed by atoms with van der Waals surface area (Å²) >= 11 is 3.58. The highest BCUT2D eigenvalue weighted by Gasteiger charge is 2.06. The molecule has 1 nitrogen and oxygen atoms in total. The molecule has 1 aromatic heterocycles. The maximum Gasteiger partial charge on any atom is 0.0601 e. The van der Waals surface area contributed by atoms with E-state index in [0.717, 1.165) is 10.9 Å². The van der Waals surface area contributed by atoms with Crippen LogP contribution in [0.2, 0.25) is 0 Å². The fourth-order valence-electron chi connectivity index (χ4n) is 1.86. The minimum Gasteiger partial charge on any atom is -0.360 e. The van der Waals surface area contributed by atoms with Gasteiger partial charge >= 0.3 is 0 Å². The van der Waals surface area contributed by atoms with Gasteiger partial charge in [0.15, 0.2) is 0 Å². The summed E-state index contributed by atoms with van der Waals surface area (Å²) in [5, 5.41) is 1.36. The molecular formula is C12H14BrN. The molecule has 0 saturated carbocycles. The van der Waals surface area contributed by atoms with Crippen LogP contribution in [0.15, 0.2) is 22.8 Å². The van der Waals surface area contributed by atoms with Crippen LogP contribution in [-0.2, 0) is 6.42 Å². The summed E-state index contributed by atoms with van der Waals surface area (Å²) < 4.78 is 1.16. The van der Waals surface area contributed by atoms with Crippen molar-refractivity contribution in [1.29, 1.82) is 0 Å². The van der Waals surface area contributed by atoms with Crippen molar-refractivity contribution in [1.82, 2.24) is 4.98 Å². The summed E-state index contributed by atoms with van der Waals surface area (Å²) in [5.74, 6) is 0. The van der Waals surface area contributed by atoms with Gasteiger partial charge in [-0.25, -0.2) is 0 Å². The highest BCUT2D eigenvalue weighted by Crippen LogP contribution is 2.27. The van der Waals surface area contributed by atoms with Crippen LogP contribution in [0.4, 0.5) is 0 Å². The zero-order chi connectivity index (χ0) is 10.1. The summed E-state index contributed by atoms with van der Waals surface area (Å²) in [5.41, 5.74) is 3.95. The summed E-state index contributed by atoms with van der Waals surface area (Å²) in [4.78, 5) is 3.32. The lowest BCUT2D eigenvalue weighted by atomic mass is 10.1. The number of hydrogen-bond acceptors (Lipinski definition) is 0. The molecule has 1 aromatic carbocycles. The number of H-pyrrole nitrogens is 1. The topological polar surface area (TPSA) is 15.8 Å². The number of aryl methyl sites for hydroxylation is 2. The Balaban J connectivity index is 2.66. The molecule has 0 aliphatic carbocycles. The summed E-state index contributed by atoms with van der Waals surface area (Å²) in [7, 11) is 0. The number of rotatable bonds is 2. The molecule has 1 N–H and O–H groups in total. The van der Waals surface area contributed by atoms with E-state index in [1.807, 2.05) is 0 Å². The lowest BCUT2D eigenvalue weighted by Crippen LogP contribution is -1.81. The van der Waals surface area contributed by atoms with E-state index >= 15 is 0 Å². The van der Waals surface area contributed by atoms with Gasteiger partial charge in [-0.05, 0) is 52.5 Å². The molecule has 1 heterocycles. The van der Waals surface area contributed by atoms with E-state index in [9.17, 15) is 0 Å². The van der Waals surface area contributed by atoms with Gasteiger partial charge in [-0.2, -0.15) is 0 Å². The van der Waals surface area contributed by atoms with Crippen LogP contribution in [0.1, 0.15) is 24.5 Å². The van der Waals surface area contributed by atoms with Gasteiger partial charge in [-0.15, -0.1) is 0 Å². The normalized spacial score (nSPS) is 11.1. The van der Waals surface area contributed by atoms with Gasteiger partial charge in [0.2, 0.25) is 0 Å². The quantitative estimate of drug-likeness (QED) is 0.824. The number of benzene rings is 1. The SMILES string of the molecule is CCCc1c[nH]c2c(Br)cc(C)cc12. The number of fused-ring (bicyclic) bond motifs is 1. The molecule has 0 saturated heterocycles. The Morgan fingerprint density at radius 1 is 1.36 bits per heavy atom. The lowest BCUT2D eigenvalue weighted by molar-refractivity contribution is 0.929. The van der Waals surface area contributed by atoms with Crippen LogP contribution in [0.3, 0.4) is 0 Å². The van der Waals surface area contributed by atoms with Gasteiger partial charge in [-0.1, -0.05) is 13.3 Å². The molecule has 14 heavy (non-hydrogen) atoms. The first-order chi connectivity index (χ1) is 6.72. The van der Waals surface area contributed by atoms with Crippen LogP contribution >= 0.6 is 15.9 Å². The van der Waals surface area contributed by atoms with Crippen molar-refractivity contribution in [2.24, 2.45) is 0 Å². The molecule has 2 heteroatoms. The second kappa shape index (κ2) is 3.77. The van der Waals surface area contributed by atoms with Gasteiger partial charge in [0.1, 0.15) is 0 Å². The van der Waals surface area contributed by atoms with Crippen LogP contribution < -0.4 is 0 Å². The van der Waals surface area contributed by atoms with E-state index in [-0.39, 0.29) is 0 Å². The number of hydrogen-bond donors (Lipinski definition) is 1. The number of aromatic nitrogens is 1. The van der Waals surface area contributed by atoms with Crippen molar-refractivity contribution in [3.8, 4) is 0 Å². The highest BCUT2D eigenvalue weighted by molar-refractivity contribution is 9.10. The third-order valence-corrected chi connectivity index (χ3v) is 3.12. The Kier molecular flexibility index (Phi) is 2.64. The van der Waals surface area contributed by atoms with E-state index in [4.69, 9.17) is 0 Å². The van der Waals surface area contributed by atoms with E-state index in [0.29, 0.717) is 0 Å². The van der Waals surface area contributed by atoms with E-state index < -0.39 is 0 Å². The number of halogens is 1. The average molecular weight is 252 g/mol. The van der Waals surface area contributed by atoms with Crippen molar-refractivity contribution in [3.63, 3.8) is 0 Å². The predicted octanol–water partition coefficient (Wildman–Crippen LogP) is 4.19. The third-order valence-electron chi connectivity index (χ3n) is 2.49. The van der Waals surface area contributed by atoms with Crippen molar-refractivity contribution in [2.45, 2.75) is 26.7 Å². The first-order valence-electron chi connectivity index (χ1n) is 4.98. The first kappa shape index (κ1) is 9.78. The van der Waals surface area contributed by atoms with Gasteiger partial charge in [-0.3, -0.25) is 0 Å². The second-order valence-electron chi connectivity index (χ2n) is 3.73. The summed E-state index contributed by atoms with van der Waals surface area (Å²) in [6.45, 7) is 4.34. The van der Waals surface area contributed by atoms with Gasteiger partial charge in [0, 0.05) is 16.1 Å². The standard InChI is InChI=1S/C12H14BrN/c1-3-4-9-7-14-12-10(9)5-8(2)6-11(12)13/h5-7,14H,3-4H2,1-2H3. The second-order valence-corrected chi connectivity index (χ2v) is 4.59. The molecule has 0 spiro atoms. The van der Waals surface area contributed by atoms with Gasteiger partial charge < -0.3 is 4.98 Å². The predicted molar refractivity (Wildman–Crippen MR) is 64.7 cm³/mol. The van der Waals surface area contributed by atoms with Crippen molar-refractivity contribution in [2.75, 3.05) is 0 Å². The Bertz CT molecular complexity index is 457. The molecule has 0 radical (unpaired) electrons. The van der Waals surface area contributed by atoms with Gasteiger partial charge in [0.25, 0.3) is 0 Å². The molecule has 2 aromatic rings. The minimum absolute atomic E-state index is 1.15. The molecule has 0 aliphatic heterocycles. The first-order valence-corrected chi connectivity index (χ1v) is 5.77. The van der Waals surface area contributed by atoms with E-state index in [2.05, 4.69) is 53.1 Å². The molecule has 0 amide bonds. The third kappa shape index (κ3) is 1.59. The van der Waals surface area contributed by atoms with E-state index in [1.54, 1.807) is 0 Å². The number of aromatic amines is 1. The zero-order valence-electron chi connectivity index (χ0n) is 8.52. The van der Waals surface area contributed by atoms with Crippen LogP contribution in [0.25, 0.3) is 10.9 Å². The van der Waals surface area contributed by atoms with Crippen molar-refractivity contribution < 1.29 is 0 Å². The van der Waals surface area contributed by atoms with Gasteiger partial charge in [0.05, 0.1) is 5.52 Å². The zero-order valence-corrected chi connectivity index (χ0v) is 10.1. The molecule has 0 atom stereocenters. The Morgan fingerprint density at radius 2 is 2.14 bits per heavy atom. The molecule has 0 fully saturated rings. The fourth-order valence-corrected chi connectivity index (χ4v) is 2.54. The largest absolute Gasteiger partial charge is 0.360 e. The minimum atomic E-state index is 1.15. The molecular weight excluding hydrogens is 238 g/mol. The van der Waals surface area contributed by atoms with Crippen molar-refractivity contribution in [3.05, 3.63) is 33.9 Å². The van der Waals surface area contributed by atoms with Crippen LogP contribution in [0.5, 0.6) is 0 Å². The maximum absolute atomic E-state index is 3.58. The summed E-state index contributed by atoms with van der Waals surface area (Å²) in [6.07, 6.45) is 4.47. The van der Waals surface area contributed by atoms with Crippen molar-refractivity contribution >= 4 is 26.8 Å². The molecule has 0 bridgehead atoms. The number of nitrogens with one attached hydrogen (secondary N) is 1. The average Bonchev–Trinajstić information content (AvgIpc) is 2.49. The maximum atomic E-state index is 3.58. The monoisotopic (exact) mass is 251 g/mol. The van der Waals surface area contributed by atoms with Crippen LogP contribution in [-0.4, -0.2) is 4.98 Å². The Labute approximate surface area is 92.6 Å². The smallest absolute Gasteiger partial charge is 0.0601 e. The fraction of sp³-hybridized carbons (Fsp3) is 0.333. The lowest BCUT2D eigenvalue weighted by Gasteiger charge is -2.00. The summed E-state index contributed by atoms with van der Waals surface area (Å²) in [6, 6.07) is 4.40.